The monoisotopic (exact) mass is 193 g/mol. The van der Waals surface area contributed by atoms with Gasteiger partial charge in [0.1, 0.15) is 10.1 Å². The fourth-order valence-electron chi connectivity index (χ4n) is 0.871. The van der Waals surface area contributed by atoms with Gasteiger partial charge in [-0.3, -0.25) is 0 Å². The smallest absolute Gasteiger partial charge is 0.169 e. The number of allylic oxidation sites excluding steroid dienone is 1. The molecule has 0 N–H and O–H groups in total. The lowest BCUT2D eigenvalue weighted by Gasteiger charge is -2.29. The number of quaternary nitrogens is 1. The highest BCUT2D eigenvalue weighted by Gasteiger charge is 2.16. The predicted molar refractivity (Wildman–Crippen MR) is 46.4 cm³/mol. The lowest BCUT2D eigenvalue weighted by molar-refractivity contribution is -0.872. The molecule has 0 amide bonds. The van der Waals surface area contributed by atoms with Crippen molar-refractivity contribution in [1.29, 1.82) is 0 Å². The molecule has 0 aromatic carbocycles. The molecule has 0 rings (SSSR count). The van der Waals surface area contributed by atoms with Gasteiger partial charge in [-0.25, -0.2) is 8.42 Å². The Labute approximate surface area is 73.8 Å². The molecular formula is C7H15NO3S. The molecular weight excluding hydrogens is 178 g/mol. The van der Waals surface area contributed by atoms with Crippen LogP contribution in [0.3, 0.4) is 0 Å². The van der Waals surface area contributed by atoms with E-state index < -0.39 is 10.1 Å². The lowest BCUT2D eigenvalue weighted by Crippen LogP contribution is -2.43. The third kappa shape index (κ3) is 6.33. The highest BCUT2D eigenvalue weighted by Crippen LogP contribution is 2.00. The number of rotatable bonds is 4. The molecule has 72 valence electrons. The first-order valence-corrected chi connectivity index (χ1v) is 5.21. The van der Waals surface area contributed by atoms with Crippen molar-refractivity contribution in [3.63, 3.8) is 0 Å². The Morgan fingerprint density at radius 2 is 1.92 bits per heavy atom. The van der Waals surface area contributed by atoms with E-state index in [1.807, 2.05) is 19.1 Å². The SMILES string of the molecule is C/C=C\C[N+](C)(C)CS(=O)(=O)[O-]. The quantitative estimate of drug-likeness (QED) is 0.362. The van der Waals surface area contributed by atoms with Gasteiger partial charge in [0.25, 0.3) is 0 Å². The van der Waals surface area contributed by atoms with Crippen LogP contribution < -0.4 is 0 Å². The van der Waals surface area contributed by atoms with Gasteiger partial charge in [-0.05, 0) is 13.0 Å². The van der Waals surface area contributed by atoms with Crippen LogP contribution in [0.4, 0.5) is 0 Å². The summed E-state index contributed by atoms with van der Waals surface area (Å²) in [5.41, 5.74) is 0. The summed E-state index contributed by atoms with van der Waals surface area (Å²) in [5, 5.41) is 0. The summed E-state index contributed by atoms with van der Waals surface area (Å²) in [4.78, 5) is 0. The highest BCUT2D eigenvalue weighted by molar-refractivity contribution is 7.85. The molecule has 0 atom stereocenters. The van der Waals surface area contributed by atoms with Crippen LogP contribution in [-0.4, -0.2) is 44.0 Å². The van der Waals surface area contributed by atoms with Crippen LogP contribution in [0.15, 0.2) is 12.2 Å². The molecule has 0 aromatic rings. The Bertz CT molecular complexity index is 254. The molecule has 5 heteroatoms. The van der Waals surface area contributed by atoms with E-state index in [9.17, 15) is 13.0 Å². The average molecular weight is 193 g/mol. The Kier molecular flexibility index (Phi) is 3.89. The van der Waals surface area contributed by atoms with Crippen molar-refractivity contribution in [3.8, 4) is 0 Å². The van der Waals surface area contributed by atoms with E-state index in [4.69, 9.17) is 0 Å². The van der Waals surface area contributed by atoms with Crippen molar-refractivity contribution in [3.05, 3.63) is 12.2 Å². The highest BCUT2D eigenvalue weighted by atomic mass is 32.2. The minimum atomic E-state index is -4.12. The lowest BCUT2D eigenvalue weighted by atomic mass is 10.4. The maximum atomic E-state index is 10.4. The summed E-state index contributed by atoms with van der Waals surface area (Å²) in [6.07, 6.45) is 3.67. The molecule has 0 saturated carbocycles. The van der Waals surface area contributed by atoms with Gasteiger partial charge >= 0.3 is 0 Å². The number of hydrogen-bond acceptors (Lipinski definition) is 3. The molecule has 0 bridgehead atoms. The summed E-state index contributed by atoms with van der Waals surface area (Å²) < 4.78 is 31.4. The van der Waals surface area contributed by atoms with E-state index in [0.717, 1.165) is 0 Å². The zero-order valence-electron chi connectivity index (χ0n) is 7.65. The van der Waals surface area contributed by atoms with Crippen LogP contribution in [0, 0.1) is 0 Å². The zero-order chi connectivity index (χ0) is 9.83. The van der Waals surface area contributed by atoms with Crippen molar-refractivity contribution in [1.82, 2.24) is 0 Å². The van der Waals surface area contributed by atoms with Crippen molar-refractivity contribution in [2.24, 2.45) is 0 Å². The predicted octanol–water partition coefficient (Wildman–Crippen LogP) is 0.142. The molecule has 0 radical (unpaired) electrons. The first-order chi connectivity index (χ1) is 5.27. The van der Waals surface area contributed by atoms with Crippen molar-refractivity contribution < 1.29 is 17.5 Å². The van der Waals surface area contributed by atoms with Gasteiger partial charge < -0.3 is 9.04 Å². The van der Waals surface area contributed by atoms with Gasteiger partial charge in [0.2, 0.25) is 0 Å². The fourth-order valence-corrected chi connectivity index (χ4v) is 1.83. The molecule has 0 aliphatic heterocycles. The second-order valence-corrected chi connectivity index (χ2v) is 4.75. The van der Waals surface area contributed by atoms with Gasteiger partial charge in [0, 0.05) is 0 Å². The Morgan fingerprint density at radius 1 is 1.42 bits per heavy atom. The van der Waals surface area contributed by atoms with Crippen LogP contribution in [-0.2, 0) is 10.1 Å². The van der Waals surface area contributed by atoms with Crippen molar-refractivity contribution in [2.45, 2.75) is 6.92 Å². The molecule has 12 heavy (non-hydrogen) atoms. The van der Waals surface area contributed by atoms with Gasteiger partial charge in [-0.2, -0.15) is 0 Å². The molecule has 0 saturated heterocycles. The Hall–Kier alpha value is -0.390. The zero-order valence-corrected chi connectivity index (χ0v) is 8.47. The summed E-state index contributed by atoms with van der Waals surface area (Å²) in [6.45, 7) is 2.41. The van der Waals surface area contributed by atoms with E-state index in [1.165, 1.54) is 0 Å². The third-order valence-corrected chi connectivity index (χ3v) is 2.36. The van der Waals surface area contributed by atoms with Crippen LogP contribution >= 0.6 is 0 Å². The second kappa shape index (κ2) is 4.02. The van der Waals surface area contributed by atoms with Crippen LogP contribution in [0.25, 0.3) is 0 Å². The van der Waals surface area contributed by atoms with Crippen LogP contribution in [0.2, 0.25) is 0 Å². The molecule has 0 aliphatic carbocycles. The largest absolute Gasteiger partial charge is 0.744 e. The van der Waals surface area contributed by atoms with Crippen LogP contribution in [0.1, 0.15) is 6.92 Å². The molecule has 0 heterocycles. The van der Waals surface area contributed by atoms with Crippen molar-refractivity contribution >= 4 is 10.1 Å². The summed E-state index contributed by atoms with van der Waals surface area (Å²) >= 11 is 0. The van der Waals surface area contributed by atoms with E-state index in [0.29, 0.717) is 6.54 Å². The first-order valence-electron chi connectivity index (χ1n) is 3.63. The maximum Gasteiger partial charge on any atom is 0.169 e. The number of nitrogens with zero attached hydrogens (tertiary/aromatic N) is 1. The summed E-state index contributed by atoms with van der Waals surface area (Å²) in [5.74, 6) is -0.364. The minimum Gasteiger partial charge on any atom is -0.744 e. The molecule has 0 spiro atoms. The second-order valence-electron chi connectivity index (χ2n) is 3.37. The normalized spacial score (nSPS) is 14.0. The summed E-state index contributed by atoms with van der Waals surface area (Å²) in [7, 11) is -0.716. The first kappa shape index (κ1) is 11.6. The third-order valence-electron chi connectivity index (χ3n) is 1.34. The number of hydrogen-bond donors (Lipinski definition) is 0. The van der Waals surface area contributed by atoms with Gasteiger partial charge in [0.05, 0.1) is 20.6 Å². The topological polar surface area (TPSA) is 57.2 Å². The Balaban J connectivity index is 4.23. The van der Waals surface area contributed by atoms with Gasteiger partial charge in [0.15, 0.2) is 5.88 Å². The molecule has 0 fully saturated rings. The van der Waals surface area contributed by atoms with Gasteiger partial charge in [-0.1, -0.05) is 6.08 Å². The minimum absolute atomic E-state index is 0.177. The fraction of sp³-hybridized carbons (Fsp3) is 0.714. The van der Waals surface area contributed by atoms with E-state index in [-0.39, 0.29) is 10.4 Å². The van der Waals surface area contributed by atoms with E-state index >= 15 is 0 Å². The molecule has 4 nitrogen and oxygen atoms in total. The van der Waals surface area contributed by atoms with Crippen molar-refractivity contribution in [2.75, 3.05) is 26.5 Å². The molecule has 0 aliphatic rings. The van der Waals surface area contributed by atoms with E-state index in [2.05, 4.69) is 0 Å². The maximum absolute atomic E-state index is 10.4. The average Bonchev–Trinajstić information content (AvgIpc) is 1.78. The molecule has 0 unspecified atom stereocenters. The Morgan fingerprint density at radius 3 is 2.25 bits per heavy atom. The number of likely N-dealkylation sites (N-methyl/N-ethyl adjacent to an activating group) is 1. The standard InChI is InChI=1S/C7H15NO3S/c1-4-5-6-8(2,3)7-12(9,10)11/h4-5H,6-7H2,1-3H3/b5-4-. The van der Waals surface area contributed by atoms with Crippen LogP contribution in [0.5, 0.6) is 0 Å². The van der Waals surface area contributed by atoms with Gasteiger partial charge in [-0.15, -0.1) is 0 Å². The van der Waals surface area contributed by atoms with E-state index in [1.54, 1.807) is 14.1 Å². The summed E-state index contributed by atoms with van der Waals surface area (Å²) in [6, 6.07) is 0. The molecule has 0 aromatic heterocycles.